The second-order valence-corrected chi connectivity index (χ2v) is 7.40. The molecule has 156 valence electrons. The highest BCUT2D eigenvalue weighted by Crippen LogP contribution is 2.24. The van der Waals surface area contributed by atoms with Gasteiger partial charge in [-0.15, -0.1) is 0 Å². The smallest absolute Gasteiger partial charge is 0.409 e. The van der Waals surface area contributed by atoms with Crippen LogP contribution in [0.25, 0.3) is 16.9 Å². The Hall–Kier alpha value is -3.42. The Morgan fingerprint density at radius 1 is 1.03 bits per heavy atom. The molecule has 1 saturated heterocycles. The molecule has 0 bridgehead atoms. The predicted molar refractivity (Wildman–Crippen MR) is 112 cm³/mol. The van der Waals surface area contributed by atoms with E-state index in [2.05, 4.69) is 42.1 Å². The molecule has 1 aliphatic rings. The van der Waals surface area contributed by atoms with Crippen molar-refractivity contribution in [3.63, 3.8) is 0 Å². The van der Waals surface area contributed by atoms with Crippen LogP contribution in [0.5, 0.6) is 0 Å². The van der Waals surface area contributed by atoms with Gasteiger partial charge in [0, 0.05) is 37.9 Å². The van der Waals surface area contributed by atoms with Crippen LogP contribution < -0.4 is 0 Å². The summed E-state index contributed by atoms with van der Waals surface area (Å²) in [6.07, 6.45) is 2.95. The van der Waals surface area contributed by atoms with Gasteiger partial charge < -0.3 is 14.5 Å². The first-order valence-corrected chi connectivity index (χ1v) is 10.1. The summed E-state index contributed by atoms with van der Waals surface area (Å²) in [6.45, 7) is 8.07. The van der Waals surface area contributed by atoms with Gasteiger partial charge in [-0.3, -0.25) is 4.79 Å². The van der Waals surface area contributed by atoms with E-state index in [1.807, 2.05) is 6.07 Å². The summed E-state index contributed by atoms with van der Waals surface area (Å²) >= 11 is 0. The molecule has 1 aliphatic heterocycles. The minimum atomic E-state index is -0.333. The number of benzene rings is 1. The number of piperazine rings is 1. The second kappa shape index (κ2) is 8.14. The van der Waals surface area contributed by atoms with E-state index in [1.54, 1.807) is 33.6 Å². The van der Waals surface area contributed by atoms with Crippen LogP contribution in [0.15, 0.2) is 36.7 Å². The molecular weight excluding hydrogens is 382 g/mol. The van der Waals surface area contributed by atoms with Crippen LogP contribution in [0, 0.1) is 13.8 Å². The third-order valence-electron chi connectivity index (χ3n) is 5.53. The van der Waals surface area contributed by atoms with Crippen LogP contribution in [0.4, 0.5) is 4.79 Å². The van der Waals surface area contributed by atoms with E-state index in [0.29, 0.717) is 44.0 Å². The molecule has 8 heteroatoms. The van der Waals surface area contributed by atoms with Gasteiger partial charge in [-0.25, -0.2) is 14.3 Å². The van der Waals surface area contributed by atoms with Gasteiger partial charge >= 0.3 is 6.09 Å². The quantitative estimate of drug-likeness (QED) is 0.667. The lowest BCUT2D eigenvalue weighted by molar-refractivity contribution is 0.0571. The number of ether oxygens (including phenoxy) is 1. The molecule has 3 aromatic rings. The fourth-order valence-corrected chi connectivity index (χ4v) is 3.64. The Morgan fingerprint density at radius 3 is 2.47 bits per heavy atom. The maximum atomic E-state index is 13.1. The standard InChI is InChI=1S/C22H25N5O3/c1-4-30-22(29)26-11-9-25(10-12-26)21(28)18-14-24-27-19(7-8-23-20(18)27)17-6-5-15(2)16(3)13-17/h5-8,13-14H,4,9-12H2,1-3H3. The number of aryl methyl sites for hydroxylation is 2. The lowest BCUT2D eigenvalue weighted by Crippen LogP contribution is -2.50. The van der Waals surface area contributed by atoms with Gasteiger partial charge in [-0.2, -0.15) is 5.10 Å². The summed E-state index contributed by atoms with van der Waals surface area (Å²) < 4.78 is 6.75. The fourth-order valence-electron chi connectivity index (χ4n) is 3.64. The largest absolute Gasteiger partial charge is 0.450 e. The first-order chi connectivity index (χ1) is 14.5. The molecule has 2 aromatic heterocycles. The average molecular weight is 407 g/mol. The van der Waals surface area contributed by atoms with Gasteiger partial charge in [0.2, 0.25) is 0 Å². The molecule has 1 aromatic carbocycles. The molecule has 1 fully saturated rings. The summed E-state index contributed by atoms with van der Waals surface area (Å²) in [7, 11) is 0. The minimum Gasteiger partial charge on any atom is -0.450 e. The maximum absolute atomic E-state index is 13.1. The zero-order valence-electron chi connectivity index (χ0n) is 17.5. The van der Waals surface area contributed by atoms with E-state index < -0.39 is 0 Å². The molecule has 8 nitrogen and oxygen atoms in total. The second-order valence-electron chi connectivity index (χ2n) is 7.40. The Bertz CT molecular complexity index is 1100. The molecule has 0 aliphatic carbocycles. The Labute approximate surface area is 175 Å². The van der Waals surface area contributed by atoms with E-state index in [4.69, 9.17) is 4.74 Å². The van der Waals surface area contributed by atoms with Crippen molar-refractivity contribution in [2.75, 3.05) is 32.8 Å². The molecule has 0 radical (unpaired) electrons. The number of amides is 2. The van der Waals surface area contributed by atoms with Crippen molar-refractivity contribution in [3.8, 4) is 11.3 Å². The predicted octanol–water partition coefficient (Wildman–Crippen LogP) is 2.93. The van der Waals surface area contributed by atoms with E-state index in [-0.39, 0.29) is 12.0 Å². The van der Waals surface area contributed by atoms with E-state index in [1.165, 1.54) is 11.1 Å². The molecule has 4 rings (SSSR count). The average Bonchev–Trinajstić information content (AvgIpc) is 3.20. The van der Waals surface area contributed by atoms with Gasteiger partial charge in [0.05, 0.1) is 18.5 Å². The lowest BCUT2D eigenvalue weighted by atomic mass is 10.0. The molecule has 0 atom stereocenters. The first kappa shape index (κ1) is 19.9. The molecule has 0 N–H and O–H groups in total. The van der Waals surface area contributed by atoms with Gasteiger partial charge in [-0.05, 0) is 44.0 Å². The normalized spacial score (nSPS) is 14.2. The Kier molecular flexibility index (Phi) is 5.39. The number of rotatable bonds is 3. The van der Waals surface area contributed by atoms with Crippen LogP contribution in [-0.2, 0) is 4.74 Å². The van der Waals surface area contributed by atoms with Crippen molar-refractivity contribution < 1.29 is 14.3 Å². The van der Waals surface area contributed by atoms with E-state index in [0.717, 1.165) is 11.3 Å². The van der Waals surface area contributed by atoms with Crippen molar-refractivity contribution >= 4 is 17.6 Å². The number of fused-ring (bicyclic) bond motifs is 1. The number of aromatic nitrogens is 3. The molecule has 30 heavy (non-hydrogen) atoms. The zero-order valence-corrected chi connectivity index (χ0v) is 17.5. The van der Waals surface area contributed by atoms with Gasteiger partial charge in [0.1, 0.15) is 5.56 Å². The molecule has 0 unspecified atom stereocenters. The first-order valence-electron chi connectivity index (χ1n) is 10.1. The number of hydrogen-bond donors (Lipinski definition) is 0. The van der Waals surface area contributed by atoms with Gasteiger partial charge in [0.15, 0.2) is 5.65 Å². The van der Waals surface area contributed by atoms with Crippen LogP contribution in [0.3, 0.4) is 0 Å². The van der Waals surface area contributed by atoms with Crippen molar-refractivity contribution in [1.29, 1.82) is 0 Å². The Morgan fingerprint density at radius 2 is 1.77 bits per heavy atom. The molecule has 2 amide bonds. The third kappa shape index (κ3) is 3.60. The maximum Gasteiger partial charge on any atom is 0.409 e. The highest BCUT2D eigenvalue weighted by molar-refractivity contribution is 6.00. The van der Waals surface area contributed by atoms with Crippen LogP contribution >= 0.6 is 0 Å². The summed E-state index contributed by atoms with van der Waals surface area (Å²) in [5.41, 5.74) is 5.32. The number of hydrogen-bond acceptors (Lipinski definition) is 5. The lowest BCUT2D eigenvalue weighted by Gasteiger charge is -2.33. The van der Waals surface area contributed by atoms with Crippen LogP contribution in [0.2, 0.25) is 0 Å². The highest BCUT2D eigenvalue weighted by atomic mass is 16.6. The van der Waals surface area contributed by atoms with Crippen molar-refractivity contribution in [3.05, 3.63) is 53.3 Å². The Balaban J connectivity index is 1.58. The van der Waals surface area contributed by atoms with Crippen LogP contribution in [-0.4, -0.2) is 69.2 Å². The van der Waals surface area contributed by atoms with Gasteiger partial charge in [0.25, 0.3) is 5.91 Å². The molecular formula is C22H25N5O3. The monoisotopic (exact) mass is 407 g/mol. The number of carbonyl (C=O) groups excluding carboxylic acids is 2. The van der Waals surface area contributed by atoms with E-state index >= 15 is 0 Å². The molecule has 3 heterocycles. The highest BCUT2D eigenvalue weighted by Gasteiger charge is 2.27. The topological polar surface area (TPSA) is 80.0 Å². The minimum absolute atomic E-state index is 0.127. The summed E-state index contributed by atoms with van der Waals surface area (Å²) in [4.78, 5) is 32.8. The number of carbonyl (C=O) groups is 2. The number of nitrogens with zero attached hydrogens (tertiary/aromatic N) is 5. The summed E-state index contributed by atoms with van der Waals surface area (Å²) in [5.74, 6) is -0.127. The van der Waals surface area contributed by atoms with Crippen LogP contribution in [0.1, 0.15) is 28.4 Å². The molecule has 0 spiro atoms. The van der Waals surface area contributed by atoms with Crippen molar-refractivity contribution in [1.82, 2.24) is 24.4 Å². The van der Waals surface area contributed by atoms with Crippen molar-refractivity contribution in [2.24, 2.45) is 0 Å². The SMILES string of the molecule is CCOC(=O)N1CCN(C(=O)c2cnn3c(-c4ccc(C)c(C)c4)ccnc23)CC1. The van der Waals surface area contributed by atoms with Crippen molar-refractivity contribution in [2.45, 2.75) is 20.8 Å². The summed E-state index contributed by atoms with van der Waals surface area (Å²) in [5, 5.41) is 4.45. The zero-order chi connectivity index (χ0) is 21.3. The summed E-state index contributed by atoms with van der Waals surface area (Å²) in [6, 6.07) is 8.14. The molecule has 0 saturated carbocycles. The van der Waals surface area contributed by atoms with Gasteiger partial charge in [-0.1, -0.05) is 12.1 Å². The third-order valence-corrected chi connectivity index (χ3v) is 5.53. The van der Waals surface area contributed by atoms with E-state index in [9.17, 15) is 9.59 Å². The fraction of sp³-hybridized carbons (Fsp3) is 0.364.